The Morgan fingerprint density at radius 3 is 2.86 bits per heavy atom. The van der Waals surface area contributed by atoms with E-state index in [2.05, 4.69) is 54.3 Å². The second kappa shape index (κ2) is 10.3. The average molecular weight is 400 g/mol. The summed E-state index contributed by atoms with van der Waals surface area (Å²) >= 11 is 0. The molecule has 0 spiro atoms. The predicted molar refractivity (Wildman–Crippen MR) is 116 cm³/mol. The fourth-order valence-corrected chi connectivity index (χ4v) is 4.21. The lowest BCUT2D eigenvalue weighted by Crippen LogP contribution is -2.35. The van der Waals surface area contributed by atoms with Gasteiger partial charge in [0.15, 0.2) is 0 Å². The van der Waals surface area contributed by atoms with Gasteiger partial charge in [0.2, 0.25) is 0 Å². The van der Waals surface area contributed by atoms with Gasteiger partial charge in [-0.25, -0.2) is 4.98 Å². The predicted octanol–water partition coefficient (Wildman–Crippen LogP) is 3.61. The molecule has 0 fully saturated rings. The van der Waals surface area contributed by atoms with E-state index in [1.54, 1.807) is 0 Å². The maximum atomic E-state index is 10.1. The molecule has 0 bridgehead atoms. The molecule has 2 heterocycles. The number of fused-ring (bicyclic) bond motifs is 1. The highest BCUT2D eigenvalue weighted by atomic mass is 16.3. The van der Waals surface area contributed by atoms with E-state index in [0.717, 1.165) is 57.0 Å². The van der Waals surface area contributed by atoms with Crippen molar-refractivity contribution >= 4 is 0 Å². The second-order valence-corrected chi connectivity index (χ2v) is 8.48. The molecule has 29 heavy (non-hydrogen) atoms. The Kier molecular flexibility index (Phi) is 7.81. The van der Waals surface area contributed by atoms with E-state index in [1.807, 2.05) is 12.5 Å². The molecule has 1 unspecified atom stereocenters. The Morgan fingerprint density at radius 2 is 2.14 bits per heavy atom. The van der Waals surface area contributed by atoms with Crippen LogP contribution in [0.4, 0.5) is 0 Å². The number of aliphatic hydroxyl groups excluding tert-OH is 1. The number of imidazole rings is 1. The molecule has 3 rings (SSSR count). The van der Waals surface area contributed by atoms with E-state index >= 15 is 0 Å². The fraction of sp³-hybridized carbons (Fsp3) is 0.652. The minimum atomic E-state index is 0.0174. The summed E-state index contributed by atoms with van der Waals surface area (Å²) in [5.74, 6) is 0.606. The van der Waals surface area contributed by atoms with Gasteiger partial charge in [0.25, 0.3) is 0 Å². The maximum Gasteiger partial charge on any atom is 0.0964 e. The van der Waals surface area contributed by atoms with Gasteiger partial charge >= 0.3 is 0 Å². The van der Waals surface area contributed by atoms with Gasteiger partial charge in [-0.2, -0.15) is 0 Å². The first-order chi connectivity index (χ1) is 14.1. The third kappa shape index (κ3) is 5.24. The summed E-state index contributed by atoms with van der Waals surface area (Å²) in [6, 6.07) is 4.60. The number of nitrogens with zero attached hydrogens (tertiary/aromatic N) is 5. The van der Waals surface area contributed by atoms with Crippen molar-refractivity contribution in [3.05, 3.63) is 47.3 Å². The van der Waals surface area contributed by atoms with Crippen LogP contribution in [0.1, 0.15) is 68.7 Å². The van der Waals surface area contributed by atoms with Crippen LogP contribution in [0.3, 0.4) is 0 Å². The van der Waals surface area contributed by atoms with Gasteiger partial charge in [-0.15, -0.1) is 0 Å². The average Bonchev–Trinajstić information content (AvgIpc) is 3.13. The highest BCUT2D eigenvalue weighted by Crippen LogP contribution is 2.34. The summed E-state index contributed by atoms with van der Waals surface area (Å²) in [6.45, 7) is 10.2. The lowest BCUT2D eigenvalue weighted by Gasteiger charge is -2.36. The number of aliphatic hydroxyl groups is 1. The fourth-order valence-electron chi connectivity index (χ4n) is 4.21. The van der Waals surface area contributed by atoms with Crippen LogP contribution in [0, 0.1) is 5.92 Å². The first-order valence-corrected chi connectivity index (χ1v) is 11.1. The van der Waals surface area contributed by atoms with Gasteiger partial charge in [-0.1, -0.05) is 33.3 Å². The van der Waals surface area contributed by atoms with Crippen LogP contribution in [0.15, 0.2) is 24.7 Å². The highest BCUT2D eigenvalue weighted by molar-refractivity contribution is 5.26. The van der Waals surface area contributed by atoms with Crippen LogP contribution in [0.2, 0.25) is 0 Å². The van der Waals surface area contributed by atoms with E-state index in [-0.39, 0.29) is 6.61 Å². The van der Waals surface area contributed by atoms with E-state index in [4.69, 9.17) is 9.97 Å². The van der Waals surface area contributed by atoms with E-state index in [1.165, 1.54) is 17.7 Å². The smallest absolute Gasteiger partial charge is 0.0964 e. The summed E-state index contributed by atoms with van der Waals surface area (Å²) in [7, 11) is 2.08. The SMILES string of the molecule is CCC(C)CN(Cc1ncn(CN(C)CC)c1CO)[C@H]1CCCc2cccnc21. The maximum absolute atomic E-state index is 10.1. The van der Waals surface area contributed by atoms with Gasteiger partial charge < -0.3 is 9.67 Å². The van der Waals surface area contributed by atoms with Crippen LogP contribution >= 0.6 is 0 Å². The van der Waals surface area contributed by atoms with Crippen molar-refractivity contribution in [2.45, 2.75) is 72.3 Å². The van der Waals surface area contributed by atoms with Gasteiger partial charge in [0, 0.05) is 19.3 Å². The molecule has 1 aliphatic rings. The van der Waals surface area contributed by atoms with Crippen LogP contribution in [0.5, 0.6) is 0 Å². The molecular weight excluding hydrogens is 362 g/mol. The van der Waals surface area contributed by atoms with Crippen molar-refractivity contribution in [2.24, 2.45) is 5.92 Å². The molecule has 2 atom stereocenters. The molecule has 2 aromatic rings. The summed E-state index contributed by atoms with van der Waals surface area (Å²) in [6.07, 6.45) is 8.41. The lowest BCUT2D eigenvalue weighted by atomic mass is 9.90. The zero-order chi connectivity index (χ0) is 20.8. The van der Waals surface area contributed by atoms with E-state index in [9.17, 15) is 5.11 Å². The Hall–Kier alpha value is -1.76. The zero-order valence-electron chi connectivity index (χ0n) is 18.5. The first-order valence-electron chi connectivity index (χ1n) is 11.1. The number of aryl methyl sites for hydroxylation is 1. The molecule has 0 aromatic carbocycles. The molecule has 0 radical (unpaired) electrons. The topological polar surface area (TPSA) is 57.4 Å². The molecule has 6 heteroatoms. The number of aromatic nitrogens is 3. The van der Waals surface area contributed by atoms with Gasteiger partial charge in [-0.3, -0.25) is 14.8 Å². The van der Waals surface area contributed by atoms with Gasteiger partial charge in [0.1, 0.15) is 0 Å². The van der Waals surface area contributed by atoms with Crippen molar-refractivity contribution in [1.29, 1.82) is 0 Å². The van der Waals surface area contributed by atoms with Crippen molar-refractivity contribution in [1.82, 2.24) is 24.3 Å². The highest BCUT2D eigenvalue weighted by Gasteiger charge is 2.29. The standard InChI is InChI=1S/C23H37N5O/c1-5-18(3)13-27(21-11-7-9-19-10-8-12-24-23(19)21)14-20-22(15-29)28(16-25-20)17-26(4)6-2/h8,10,12,16,18,21,29H,5-7,9,11,13-15,17H2,1-4H3/t18?,21-/m0/s1. The quantitative estimate of drug-likeness (QED) is 0.661. The van der Waals surface area contributed by atoms with E-state index in [0.29, 0.717) is 12.0 Å². The molecule has 1 N–H and O–H groups in total. The number of hydrogen-bond acceptors (Lipinski definition) is 5. The number of hydrogen-bond donors (Lipinski definition) is 1. The Labute approximate surface area is 175 Å². The molecule has 0 amide bonds. The number of rotatable bonds is 10. The minimum Gasteiger partial charge on any atom is -0.390 e. The van der Waals surface area contributed by atoms with Crippen molar-refractivity contribution < 1.29 is 5.11 Å². The monoisotopic (exact) mass is 399 g/mol. The summed E-state index contributed by atoms with van der Waals surface area (Å²) in [5, 5.41) is 10.1. The van der Waals surface area contributed by atoms with Crippen molar-refractivity contribution in [3.63, 3.8) is 0 Å². The lowest BCUT2D eigenvalue weighted by molar-refractivity contribution is 0.138. The summed E-state index contributed by atoms with van der Waals surface area (Å²) < 4.78 is 2.08. The van der Waals surface area contributed by atoms with Crippen LogP contribution in [0.25, 0.3) is 0 Å². The first kappa shape index (κ1) is 21.9. The minimum absolute atomic E-state index is 0.0174. The third-order valence-corrected chi connectivity index (χ3v) is 6.32. The Morgan fingerprint density at radius 1 is 1.31 bits per heavy atom. The van der Waals surface area contributed by atoms with Gasteiger partial charge in [0.05, 0.1) is 42.7 Å². The molecular formula is C23H37N5O. The van der Waals surface area contributed by atoms with Crippen LogP contribution in [-0.2, 0) is 26.2 Å². The molecule has 0 saturated heterocycles. The molecule has 1 aliphatic carbocycles. The molecule has 0 saturated carbocycles. The van der Waals surface area contributed by atoms with Crippen LogP contribution < -0.4 is 0 Å². The largest absolute Gasteiger partial charge is 0.390 e. The number of pyridine rings is 1. The molecule has 2 aromatic heterocycles. The van der Waals surface area contributed by atoms with Crippen LogP contribution in [-0.4, -0.2) is 49.6 Å². The van der Waals surface area contributed by atoms with Crippen molar-refractivity contribution in [3.8, 4) is 0 Å². The van der Waals surface area contributed by atoms with E-state index < -0.39 is 0 Å². The Balaban J connectivity index is 1.88. The molecule has 6 nitrogen and oxygen atoms in total. The third-order valence-electron chi connectivity index (χ3n) is 6.32. The molecule has 160 valence electrons. The van der Waals surface area contributed by atoms with Gasteiger partial charge in [-0.05, 0) is 50.4 Å². The summed E-state index contributed by atoms with van der Waals surface area (Å²) in [5.41, 5.74) is 4.54. The normalized spacial score (nSPS) is 17.7. The molecule has 0 aliphatic heterocycles. The second-order valence-electron chi connectivity index (χ2n) is 8.48. The zero-order valence-corrected chi connectivity index (χ0v) is 18.5. The Bertz CT molecular complexity index is 774. The van der Waals surface area contributed by atoms with Crippen molar-refractivity contribution in [2.75, 3.05) is 20.1 Å². The summed E-state index contributed by atoms with van der Waals surface area (Å²) in [4.78, 5) is 14.2.